The van der Waals surface area contributed by atoms with Gasteiger partial charge in [0.25, 0.3) is 5.91 Å². The Bertz CT molecular complexity index is 795. The van der Waals surface area contributed by atoms with Crippen molar-refractivity contribution in [1.29, 1.82) is 0 Å². The lowest BCUT2D eigenvalue weighted by atomic mass is 10.1. The van der Waals surface area contributed by atoms with Crippen LogP contribution in [0.3, 0.4) is 0 Å². The second-order valence-electron chi connectivity index (χ2n) is 6.21. The van der Waals surface area contributed by atoms with E-state index in [0.29, 0.717) is 17.2 Å². The molecule has 2 aromatic rings. The molecule has 6 heteroatoms. The molecule has 27 heavy (non-hydrogen) atoms. The molecule has 0 aromatic heterocycles. The molecule has 0 fully saturated rings. The first kappa shape index (κ1) is 20.8. The molecule has 0 aliphatic carbocycles. The number of para-hydroxylation sites is 1. The van der Waals surface area contributed by atoms with Crippen LogP contribution >= 0.6 is 11.6 Å². The Morgan fingerprint density at radius 1 is 1.15 bits per heavy atom. The summed E-state index contributed by atoms with van der Waals surface area (Å²) in [5.41, 5.74) is 1.73. The summed E-state index contributed by atoms with van der Waals surface area (Å²) in [7, 11) is 1.56. The monoisotopic (exact) mass is 388 g/mol. The van der Waals surface area contributed by atoms with Gasteiger partial charge in [0.15, 0.2) is 6.61 Å². The van der Waals surface area contributed by atoms with E-state index in [0.717, 1.165) is 11.1 Å². The van der Waals surface area contributed by atoms with Crippen LogP contribution in [0.5, 0.6) is 5.75 Å². The molecule has 0 spiro atoms. The minimum absolute atomic E-state index is 0.150. The summed E-state index contributed by atoms with van der Waals surface area (Å²) in [6.45, 7) is 3.88. The van der Waals surface area contributed by atoms with Gasteiger partial charge < -0.3 is 15.0 Å². The molecule has 1 N–H and O–H groups in total. The number of halogens is 1. The van der Waals surface area contributed by atoms with Gasteiger partial charge in [0, 0.05) is 18.6 Å². The number of carbonyl (C=O) groups is 2. The number of amides is 2. The summed E-state index contributed by atoms with van der Waals surface area (Å²) in [5, 5.41) is 3.19. The molecule has 2 amide bonds. The Kier molecular flexibility index (Phi) is 7.67. The fourth-order valence-corrected chi connectivity index (χ4v) is 3.03. The Hall–Kier alpha value is -2.53. The van der Waals surface area contributed by atoms with E-state index in [2.05, 4.69) is 5.32 Å². The predicted molar refractivity (Wildman–Crippen MR) is 107 cm³/mol. The predicted octanol–water partition coefficient (Wildman–Crippen LogP) is 3.58. The number of nitrogens with zero attached hydrogens (tertiary/aromatic N) is 1. The summed E-state index contributed by atoms with van der Waals surface area (Å²) in [5.74, 6) is 0.166. The van der Waals surface area contributed by atoms with Crippen LogP contribution in [-0.4, -0.2) is 36.4 Å². The third-order valence-corrected chi connectivity index (χ3v) is 4.74. The van der Waals surface area contributed by atoms with E-state index in [9.17, 15) is 9.59 Å². The topological polar surface area (TPSA) is 58.6 Å². The van der Waals surface area contributed by atoms with Crippen LogP contribution in [0.1, 0.15) is 24.5 Å². The van der Waals surface area contributed by atoms with Gasteiger partial charge in [-0.3, -0.25) is 9.59 Å². The molecule has 0 unspecified atom stereocenters. The molecular weight excluding hydrogens is 364 g/mol. The molecule has 0 aliphatic rings. The molecule has 144 valence electrons. The Balaban J connectivity index is 2.22. The molecule has 1 atom stereocenters. The highest BCUT2D eigenvalue weighted by Gasteiger charge is 2.28. The highest BCUT2D eigenvalue weighted by atomic mass is 35.5. The Morgan fingerprint density at radius 2 is 1.81 bits per heavy atom. The minimum Gasteiger partial charge on any atom is -0.484 e. The Morgan fingerprint density at radius 3 is 2.44 bits per heavy atom. The van der Waals surface area contributed by atoms with E-state index in [4.69, 9.17) is 16.3 Å². The molecule has 0 aliphatic heterocycles. The molecule has 2 aromatic carbocycles. The van der Waals surface area contributed by atoms with Gasteiger partial charge in [-0.25, -0.2) is 0 Å². The smallest absolute Gasteiger partial charge is 0.261 e. The summed E-state index contributed by atoms with van der Waals surface area (Å²) in [6.07, 6.45) is 0.486. The quantitative estimate of drug-likeness (QED) is 0.751. The SMILES string of the molecule is CC[C@@H](C(=O)NC)N(Cc1ccccc1Cl)C(=O)COc1ccccc1C. The van der Waals surface area contributed by atoms with Crippen molar-refractivity contribution in [1.82, 2.24) is 10.2 Å². The first-order chi connectivity index (χ1) is 13.0. The normalized spacial score (nSPS) is 11.6. The molecule has 0 heterocycles. The number of ether oxygens (including phenoxy) is 1. The largest absolute Gasteiger partial charge is 0.484 e. The highest BCUT2D eigenvalue weighted by Crippen LogP contribution is 2.21. The van der Waals surface area contributed by atoms with Crippen molar-refractivity contribution < 1.29 is 14.3 Å². The van der Waals surface area contributed by atoms with Crippen LogP contribution < -0.4 is 10.1 Å². The molecule has 0 radical (unpaired) electrons. The number of carbonyl (C=O) groups excluding carboxylic acids is 2. The second-order valence-corrected chi connectivity index (χ2v) is 6.61. The molecule has 5 nitrogen and oxygen atoms in total. The number of aryl methyl sites for hydroxylation is 1. The highest BCUT2D eigenvalue weighted by molar-refractivity contribution is 6.31. The van der Waals surface area contributed by atoms with E-state index in [-0.39, 0.29) is 25.0 Å². The zero-order chi connectivity index (χ0) is 19.8. The van der Waals surface area contributed by atoms with Crippen LogP contribution in [0.15, 0.2) is 48.5 Å². The molecule has 0 saturated carbocycles. The zero-order valence-corrected chi connectivity index (χ0v) is 16.6. The summed E-state index contributed by atoms with van der Waals surface area (Å²) < 4.78 is 5.70. The standard InChI is InChI=1S/C21H25ClN2O3/c1-4-18(21(26)23-3)24(13-16-10-6-7-11-17(16)22)20(25)14-27-19-12-8-5-9-15(19)2/h5-12,18H,4,13-14H2,1-3H3,(H,23,26)/t18-/m0/s1. The molecular formula is C21H25ClN2O3. The van der Waals surface area contributed by atoms with Gasteiger partial charge in [0.05, 0.1) is 0 Å². The molecule has 0 bridgehead atoms. The lowest BCUT2D eigenvalue weighted by Gasteiger charge is -2.30. The van der Waals surface area contributed by atoms with Crippen molar-refractivity contribution in [3.63, 3.8) is 0 Å². The maximum atomic E-state index is 12.9. The van der Waals surface area contributed by atoms with Gasteiger partial charge in [0.2, 0.25) is 5.91 Å². The van der Waals surface area contributed by atoms with Crippen molar-refractivity contribution in [2.75, 3.05) is 13.7 Å². The van der Waals surface area contributed by atoms with E-state index in [1.807, 2.05) is 56.3 Å². The van der Waals surface area contributed by atoms with Crippen LogP contribution in [0.4, 0.5) is 0 Å². The van der Waals surface area contributed by atoms with Crippen molar-refractivity contribution in [2.24, 2.45) is 0 Å². The number of likely N-dealkylation sites (N-methyl/N-ethyl adjacent to an activating group) is 1. The van der Waals surface area contributed by atoms with Gasteiger partial charge in [-0.15, -0.1) is 0 Å². The van der Waals surface area contributed by atoms with E-state index >= 15 is 0 Å². The van der Waals surface area contributed by atoms with Crippen molar-refractivity contribution in [3.05, 3.63) is 64.7 Å². The Labute approximate surface area is 165 Å². The number of nitrogens with one attached hydrogen (secondary N) is 1. The fraction of sp³-hybridized carbons (Fsp3) is 0.333. The lowest BCUT2D eigenvalue weighted by molar-refractivity contribution is -0.142. The van der Waals surface area contributed by atoms with Crippen LogP contribution in [-0.2, 0) is 16.1 Å². The van der Waals surface area contributed by atoms with Gasteiger partial charge in [-0.05, 0) is 36.6 Å². The van der Waals surface area contributed by atoms with Gasteiger partial charge in [0.1, 0.15) is 11.8 Å². The van der Waals surface area contributed by atoms with Gasteiger partial charge in [-0.1, -0.05) is 54.9 Å². The van der Waals surface area contributed by atoms with Crippen molar-refractivity contribution in [3.8, 4) is 5.75 Å². The zero-order valence-electron chi connectivity index (χ0n) is 15.9. The van der Waals surface area contributed by atoms with E-state index < -0.39 is 6.04 Å². The van der Waals surface area contributed by atoms with Crippen LogP contribution in [0, 0.1) is 6.92 Å². The first-order valence-corrected chi connectivity index (χ1v) is 9.28. The van der Waals surface area contributed by atoms with Crippen molar-refractivity contribution >= 4 is 23.4 Å². The summed E-state index contributed by atoms with van der Waals surface area (Å²) in [4.78, 5) is 26.8. The third-order valence-electron chi connectivity index (χ3n) is 4.38. The summed E-state index contributed by atoms with van der Waals surface area (Å²) >= 11 is 6.26. The van der Waals surface area contributed by atoms with Crippen LogP contribution in [0.25, 0.3) is 0 Å². The maximum absolute atomic E-state index is 12.9. The third kappa shape index (κ3) is 5.47. The summed E-state index contributed by atoms with van der Waals surface area (Å²) in [6, 6.07) is 14.2. The van der Waals surface area contributed by atoms with E-state index in [1.54, 1.807) is 13.1 Å². The minimum atomic E-state index is -0.598. The van der Waals surface area contributed by atoms with Gasteiger partial charge in [-0.2, -0.15) is 0 Å². The number of benzene rings is 2. The molecule has 0 saturated heterocycles. The average molecular weight is 389 g/mol. The second kappa shape index (κ2) is 9.97. The maximum Gasteiger partial charge on any atom is 0.261 e. The van der Waals surface area contributed by atoms with Crippen LogP contribution in [0.2, 0.25) is 5.02 Å². The van der Waals surface area contributed by atoms with Gasteiger partial charge >= 0.3 is 0 Å². The average Bonchev–Trinajstić information content (AvgIpc) is 2.68. The number of rotatable bonds is 8. The van der Waals surface area contributed by atoms with E-state index in [1.165, 1.54) is 4.90 Å². The van der Waals surface area contributed by atoms with Crippen molar-refractivity contribution in [2.45, 2.75) is 32.9 Å². The fourth-order valence-electron chi connectivity index (χ4n) is 2.84. The number of hydrogen-bond acceptors (Lipinski definition) is 3. The first-order valence-electron chi connectivity index (χ1n) is 8.90. The number of hydrogen-bond donors (Lipinski definition) is 1. The molecule has 2 rings (SSSR count). The lowest BCUT2D eigenvalue weighted by Crippen LogP contribution is -2.49.